The Kier molecular flexibility index (Phi) is 43.3. The van der Waals surface area contributed by atoms with Gasteiger partial charge in [0.1, 0.15) is 6.61 Å². The molecule has 0 heterocycles. The number of allylic oxidation sites excluding steroid dienone is 6. The average molecular weight is 875 g/mol. The third kappa shape index (κ3) is 42.8. The first-order valence-corrected chi connectivity index (χ1v) is 26.0. The fourth-order valence-corrected chi connectivity index (χ4v) is 7.81. The number of quaternary nitrogens is 1. The van der Waals surface area contributed by atoms with E-state index in [0.29, 0.717) is 19.3 Å². The molecule has 0 aliphatic rings. The number of nitrogens with zero attached hydrogens (tertiary/aromatic N) is 1. The topological polar surface area (TPSA) is 99.1 Å². The van der Waals surface area contributed by atoms with Crippen molar-refractivity contribution in [2.75, 3.05) is 41.0 Å². The maximum absolute atomic E-state index is 12.8. The predicted molar refractivity (Wildman–Crippen MR) is 261 cm³/mol. The highest BCUT2D eigenvalue weighted by molar-refractivity contribution is 5.72. The van der Waals surface area contributed by atoms with Crippen molar-refractivity contribution in [1.29, 1.82) is 0 Å². The van der Waals surface area contributed by atoms with E-state index in [0.717, 1.165) is 57.8 Å². The van der Waals surface area contributed by atoms with Gasteiger partial charge in [0.2, 0.25) is 0 Å². The Morgan fingerprint density at radius 3 is 1.34 bits per heavy atom. The smallest absolute Gasteiger partial charge is 0.362 e. The number of unbranched alkanes of at least 4 members (excludes halogenated alkanes) is 27. The lowest BCUT2D eigenvalue weighted by Crippen LogP contribution is -2.50. The highest BCUT2D eigenvalue weighted by Crippen LogP contribution is 2.16. The molecule has 0 aromatic rings. The van der Waals surface area contributed by atoms with Crippen molar-refractivity contribution >= 4 is 17.9 Å². The first-order chi connectivity index (χ1) is 30.1. The number of carbonyl (C=O) groups excluding carboxylic acids is 2. The number of carboxylic acid groups (broad SMARTS) is 1. The Labute approximate surface area is 383 Å². The first-order valence-electron chi connectivity index (χ1n) is 26.0. The summed E-state index contributed by atoms with van der Waals surface area (Å²) in [7, 11) is 5.54. The number of hydrogen-bond donors (Lipinski definition) is 1. The molecule has 8 nitrogen and oxygen atoms in total. The van der Waals surface area contributed by atoms with Gasteiger partial charge < -0.3 is 23.8 Å². The fourth-order valence-electron chi connectivity index (χ4n) is 7.81. The quantitative estimate of drug-likeness (QED) is 0.0281. The second-order valence-electron chi connectivity index (χ2n) is 18.8. The van der Waals surface area contributed by atoms with Crippen LogP contribution in [-0.4, -0.2) is 80.6 Å². The zero-order valence-corrected chi connectivity index (χ0v) is 41.3. The van der Waals surface area contributed by atoms with Gasteiger partial charge in [0.15, 0.2) is 12.1 Å². The summed E-state index contributed by atoms with van der Waals surface area (Å²) in [5.41, 5.74) is 0. The molecule has 0 rings (SSSR count). The number of esters is 2. The number of hydrogen-bond acceptors (Lipinski definition) is 6. The van der Waals surface area contributed by atoms with E-state index in [1.165, 1.54) is 148 Å². The number of likely N-dealkylation sites (N-methyl/N-ethyl adjacent to an activating group) is 1. The molecule has 2 atom stereocenters. The number of carboxylic acids is 1. The molecule has 2 unspecified atom stereocenters. The maximum atomic E-state index is 12.8. The minimum Gasteiger partial charge on any atom is -0.477 e. The van der Waals surface area contributed by atoms with Gasteiger partial charge in [-0.05, 0) is 44.9 Å². The largest absolute Gasteiger partial charge is 0.477 e. The maximum Gasteiger partial charge on any atom is 0.362 e. The minimum atomic E-state index is -0.873. The third-order valence-electron chi connectivity index (χ3n) is 11.8. The molecule has 362 valence electrons. The van der Waals surface area contributed by atoms with Crippen LogP contribution in [0.2, 0.25) is 0 Å². The van der Waals surface area contributed by atoms with Crippen LogP contribution in [0.15, 0.2) is 36.5 Å². The summed E-state index contributed by atoms with van der Waals surface area (Å²) in [6.07, 6.45) is 53.3. The van der Waals surface area contributed by atoms with Crippen LogP contribution >= 0.6 is 0 Å². The first kappa shape index (κ1) is 59.5. The highest BCUT2D eigenvalue weighted by atomic mass is 16.6. The molecule has 0 aliphatic heterocycles. The summed E-state index contributed by atoms with van der Waals surface area (Å²) in [6.45, 7) is 4.66. The lowest BCUT2D eigenvalue weighted by Gasteiger charge is -2.31. The second kappa shape index (κ2) is 45.1. The molecule has 0 amide bonds. The summed E-state index contributed by atoms with van der Waals surface area (Å²) in [5.74, 6) is -1.45. The Morgan fingerprint density at radius 1 is 0.500 bits per heavy atom. The van der Waals surface area contributed by atoms with Gasteiger partial charge in [0.05, 0.1) is 34.4 Å². The van der Waals surface area contributed by atoms with Crippen LogP contribution in [0.5, 0.6) is 0 Å². The monoisotopic (exact) mass is 875 g/mol. The number of rotatable bonds is 47. The summed E-state index contributed by atoms with van der Waals surface area (Å²) in [6, 6.07) is -0.614. The van der Waals surface area contributed by atoms with Gasteiger partial charge in [-0.25, -0.2) is 4.79 Å². The Bertz CT molecular complexity index is 1110. The van der Waals surface area contributed by atoms with Crippen molar-refractivity contribution in [3.8, 4) is 0 Å². The Morgan fingerprint density at radius 2 is 0.903 bits per heavy atom. The van der Waals surface area contributed by atoms with E-state index >= 15 is 0 Å². The lowest BCUT2D eigenvalue weighted by atomic mass is 10.0. The van der Waals surface area contributed by atoms with Gasteiger partial charge in [0.25, 0.3) is 0 Å². The van der Waals surface area contributed by atoms with Crippen LogP contribution in [0, 0.1) is 0 Å². The van der Waals surface area contributed by atoms with Crippen molar-refractivity contribution < 1.29 is 38.2 Å². The molecular formula is C54H100NO7+. The summed E-state index contributed by atoms with van der Waals surface area (Å²) in [4.78, 5) is 37.2. The molecule has 0 aromatic heterocycles. The van der Waals surface area contributed by atoms with Crippen LogP contribution in [0.3, 0.4) is 0 Å². The molecule has 0 aliphatic carbocycles. The molecule has 62 heavy (non-hydrogen) atoms. The van der Waals surface area contributed by atoms with Crippen molar-refractivity contribution in [2.24, 2.45) is 0 Å². The minimum absolute atomic E-state index is 0.0479. The van der Waals surface area contributed by atoms with Crippen LogP contribution in [0.25, 0.3) is 0 Å². The molecule has 0 aromatic carbocycles. The van der Waals surface area contributed by atoms with E-state index in [1.54, 1.807) is 0 Å². The van der Waals surface area contributed by atoms with E-state index < -0.39 is 18.1 Å². The second-order valence-corrected chi connectivity index (χ2v) is 18.8. The normalized spacial score (nSPS) is 13.1. The van der Waals surface area contributed by atoms with Gasteiger partial charge >= 0.3 is 17.9 Å². The molecule has 0 bridgehead atoms. The summed E-state index contributed by atoms with van der Waals surface area (Å²) in [5, 5.41) is 9.66. The van der Waals surface area contributed by atoms with Gasteiger partial charge in [-0.1, -0.05) is 211 Å². The van der Waals surface area contributed by atoms with Crippen LogP contribution in [0.4, 0.5) is 0 Å². The molecule has 0 fully saturated rings. The third-order valence-corrected chi connectivity index (χ3v) is 11.8. The van der Waals surface area contributed by atoms with Gasteiger partial charge in [-0.15, -0.1) is 0 Å². The Hall–Kier alpha value is -2.45. The number of ether oxygens (including phenoxy) is 3. The van der Waals surface area contributed by atoms with E-state index in [-0.39, 0.29) is 36.2 Å². The van der Waals surface area contributed by atoms with E-state index in [1.807, 2.05) is 21.1 Å². The van der Waals surface area contributed by atoms with Gasteiger partial charge in [-0.2, -0.15) is 0 Å². The van der Waals surface area contributed by atoms with Gasteiger partial charge in [-0.3, -0.25) is 9.59 Å². The molecule has 0 saturated heterocycles. The van der Waals surface area contributed by atoms with E-state index in [2.05, 4.69) is 50.3 Å². The van der Waals surface area contributed by atoms with E-state index in [4.69, 9.17) is 14.2 Å². The number of aliphatic carboxylic acids is 1. The Balaban J connectivity index is 4.21. The lowest BCUT2D eigenvalue weighted by molar-refractivity contribution is -0.887. The van der Waals surface area contributed by atoms with Crippen LogP contribution in [0.1, 0.15) is 239 Å². The van der Waals surface area contributed by atoms with Crippen molar-refractivity contribution in [1.82, 2.24) is 0 Å². The summed E-state index contributed by atoms with van der Waals surface area (Å²) >= 11 is 0. The van der Waals surface area contributed by atoms with Gasteiger partial charge in [0, 0.05) is 19.3 Å². The van der Waals surface area contributed by atoms with Crippen molar-refractivity contribution in [3.63, 3.8) is 0 Å². The van der Waals surface area contributed by atoms with Crippen LogP contribution < -0.4 is 0 Å². The molecule has 0 spiro atoms. The fraction of sp³-hybridized carbons (Fsp3) is 0.833. The average Bonchev–Trinajstić information content (AvgIpc) is 3.23. The molecule has 1 N–H and O–H groups in total. The zero-order valence-electron chi connectivity index (χ0n) is 41.3. The zero-order chi connectivity index (χ0) is 45.6. The molecule has 0 radical (unpaired) electrons. The standard InChI is InChI=1S/C54H99NO7/c1-6-8-10-12-14-16-18-20-22-24-25-26-27-29-31-33-35-37-39-41-43-45-53(57)62-50(48-60-47-46-51(54(58)59)55(3,4)5)49-61-52(56)44-42-40-38-36-34-32-30-28-23-21-19-17-15-13-11-9-7-2/h8,10,14,16,20,22,50-51H,6-7,9,11-13,15,17-19,21,23-49H2,1-5H3/p+1/b10-8+,16-14+,22-20+. The predicted octanol–water partition coefficient (Wildman–Crippen LogP) is 15.0. The van der Waals surface area contributed by atoms with Crippen molar-refractivity contribution in [3.05, 3.63) is 36.5 Å². The molecule has 8 heteroatoms. The van der Waals surface area contributed by atoms with E-state index in [9.17, 15) is 19.5 Å². The molecule has 0 saturated carbocycles. The number of carbonyl (C=O) groups is 3. The SMILES string of the molecule is CC/C=C/C/C=C/C/C=C/CCCCCCCCCCCCCC(=O)OC(COCCC(C(=O)O)[N+](C)(C)C)COC(=O)CCCCCCCCCCCCCCCCCCC. The summed E-state index contributed by atoms with van der Waals surface area (Å²) < 4.78 is 17.4. The van der Waals surface area contributed by atoms with Crippen molar-refractivity contribution in [2.45, 2.75) is 251 Å². The highest BCUT2D eigenvalue weighted by Gasteiger charge is 2.31. The molecular weight excluding hydrogens is 775 g/mol. The van der Waals surface area contributed by atoms with Crippen LogP contribution in [-0.2, 0) is 28.6 Å².